The molecule has 5 nitrogen and oxygen atoms in total. The summed E-state index contributed by atoms with van der Waals surface area (Å²) in [4.78, 5) is 2.50. The largest absolute Gasteiger partial charge is 0.508 e. The molecule has 7 heteroatoms. The molecule has 2 N–H and O–H groups in total. The molecule has 25 heavy (non-hydrogen) atoms. The summed E-state index contributed by atoms with van der Waals surface area (Å²) in [5.41, 5.74) is 1.05. The lowest BCUT2D eigenvalue weighted by Gasteiger charge is -2.36. The fourth-order valence-electron chi connectivity index (χ4n) is 3.25. The predicted octanol–water partition coefficient (Wildman–Crippen LogP) is 3.64. The first-order valence-corrected chi connectivity index (χ1v) is 8.46. The third kappa shape index (κ3) is 6.41. The van der Waals surface area contributed by atoms with Crippen LogP contribution in [0.4, 0.5) is 0 Å². The standard InChI is InChI=1S/C18H30N2O3.2ClH/c1-13(2)5-6-15(20-9-7-19-8-10-20)18-16(22-3)11-14(21)12-17(18)23-4;;/h11-13,15,19,21H,5-10H2,1-4H3;2*1H/t15-;;/m1../s1. The summed E-state index contributed by atoms with van der Waals surface area (Å²) in [6.07, 6.45) is 2.19. The number of hydrogen-bond acceptors (Lipinski definition) is 5. The average Bonchev–Trinajstić information content (AvgIpc) is 2.56. The van der Waals surface area contributed by atoms with Crippen molar-refractivity contribution in [2.45, 2.75) is 32.7 Å². The van der Waals surface area contributed by atoms with Gasteiger partial charge in [0.2, 0.25) is 0 Å². The lowest BCUT2D eigenvalue weighted by molar-refractivity contribution is 0.154. The Kier molecular flexibility index (Phi) is 11.3. The molecule has 1 aromatic carbocycles. The molecule has 0 bridgehead atoms. The van der Waals surface area contributed by atoms with Gasteiger partial charge in [-0.2, -0.15) is 0 Å². The van der Waals surface area contributed by atoms with E-state index in [0.717, 1.165) is 44.6 Å². The van der Waals surface area contributed by atoms with Gasteiger partial charge >= 0.3 is 0 Å². The first-order valence-electron chi connectivity index (χ1n) is 8.46. The summed E-state index contributed by atoms with van der Waals surface area (Å²) in [6.45, 7) is 8.52. The minimum atomic E-state index is 0. The predicted molar refractivity (Wildman–Crippen MR) is 107 cm³/mol. The van der Waals surface area contributed by atoms with Crippen molar-refractivity contribution in [3.05, 3.63) is 17.7 Å². The van der Waals surface area contributed by atoms with Crippen LogP contribution in [0.3, 0.4) is 0 Å². The van der Waals surface area contributed by atoms with Gasteiger partial charge in [0, 0.05) is 44.4 Å². The summed E-state index contributed by atoms with van der Waals surface area (Å²) in [5.74, 6) is 2.23. The van der Waals surface area contributed by atoms with Crippen LogP contribution in [0, 0.1) is 5.92 Å². The minimum absolute atomic E-state index is 0. The van der Waals surface area contributed by atoms with Gasteiger partial charge < -0.3 is 19.9 Å². The van der Waals surface area contributed by atoms with Crippen LogP contribution >= 0.6 is 24.8 Å². The van der Waals surface area contributed by atoms with E-state index in [9.17, 15) is 5.11 Å². The highest BCUT2D eigenvalue weighted by molar-refractivity contribution is 5.85. The van der Waals surface area contributed by atoms with Gasteiger partial charge in [-0.3, -0.25) is 4.90 Å². The molecule has 1 heterocycles. The molecule has 1 aliphatic heterocycles. The third-order valence-corrected chi connectivity index (χ3v) is 4.47. The van der Waals surface area contributed by atoms with Gasteiger partial charge in [0.15, 0.2) is 0 Å². The number of rotatable bonds is 7. The van der Waals surface area contributed by atoms with E-state index in [0.29, 0.717) is 17.4 Å². The van der Waals surface area contributed by atoms with Crippen molar-refractivity contribution in [1.29, 1.82) is 0 Å². The second-order valence-electron chi connectivity index (χ2n) is 6.54. The van der Waals surface area contributed by atoms with Crippen LogP contribution in [-0.2, 0) is 0 Å². The zero-order valence-corrected chi connectivity index (χ0v) is 17.2. The maximum atomic E-state index is 9.91. The van der Waals surface area contributed by atoms with Crippen LogP contribution in [0.1, 0.15) is 38.3 Å². The molecule has 0 saturated carbocycles. The number of piperazine rings is 1. The lowest BCUT2D eigenvalue weighted by Crippen LogP contribution is -2.45. The Morgan fingerprint density at radius 2 is 1.56 bits per heavy atom. The molecule has 2 rings (SSSR count). The highest BCUT2D eigenvalue weighted by Gasteiger charge is 2.28. The summed E-state index contributed by atoms with van der Waals surface area (Å²) in [7, 11) is 3.30. The van der Waals surface area contributed by atoms with E-state index < -0.39 is 0 Å². The Balaban J connectivity index is 0.00000288. The van der Waals surface area contributed by atoms with E-state index >= 15 is 0 Å². The first-order chi connectivity index (χ1) is 11.1. The Labute approximate surface area is 163 Å². The molecule has 0 unspecified atom stereocenters. The van der Waals surface area contributed by atoms with Crippen molar-refractivity contribution < 1.29 is 14.6 Å². The molecule has 0 aliphatic carbocycles. The Hall–Kier alpha value is -0.880. The number of nitrogens with zero attached hydrogens (tertiary/aromatic N) is 1. The number of ether oxygens (including phenoxy) is 2. The van der Waals surface area contributed by atoms with Crippen LogP contribution in [0.25, 0.3) is 0 Å². The molecule has 146 valence electrons. The number of phenols is 1. The van der Waals surface area contributed by atoms with Crippen LogP contribution in [0.15, 0.2) is 12.1 Å². The fraction of sp³-hybridized carbons (Fsp3) is 0.667. The first kappa shape index (κ1) is 24.1. The second-order valence-corrected chi connectivity index (χ2v) is 6.54. The molecule has 0 spiro atoms. The van der Waals surface area contributed by atoms with Crippen molar-refractivity contribution in [2.24, 2.45) is 5.92 Å². The highest BCUT2D eigenvalue weighted by atomic mass is 35.5. The molecule has 0 radical (unpaired) electrons. The summed E-state index contributed by atoms with van der Waals surface area (Å²) in [6, 6.07) is 3.61. The Morgan fingerprint density at radius 3 is 2.00 bits per heavy atom. The summed E-state index contributed by atoms with van der Waals surface area (Å²) in [5, 5.41) is 13.3. The van der Waals surface area contributed by atoms with Gasteiger partial charge in [0.05, 0.1) is 19.8 Å². The Bertz CT molecular complexity index is 484. The van der Waals surface area contributed by atoms with E-state index in [-0.39, 0.29) is 36.6 Å². The van der Waals surface area contributed by atoms with Crippen LogP contribution < -0.4 is 14.8 Å². The average molecular weight is 395 g/mol. The number of halogens is 2. The fourth-order valence-corrected chi connectivity index (χ4v) is 3.25. The maximum Gasteiger partial charge on any atom is 0.131 e. The SMILES string of the molecule is COc1cc(O)cc(OC)c1[C@@H](CCC(C)C)N1CCNCC1.Cl.Cl. The van der Waals surface area contributed by atoms with E-state index in [4.69, 9.17) is 9.47 Å². The smallest absolute Gasteiger partial charge is 0.131 e. The molecule has 1 atom stereocenters. The van der Waals surface area contributed by atoms with Gasteiger partial charge in [0.25, 0.3) is 0 Å². The van der Waals surface area contributed by atoms with Crippen molar-refractivity contribution in [3.8, 4) is 17.2 Å². The monoisotopic (exact) mass is 394 g/mol. The van der Waals surface area contributed by atoms with Crippen molar-refractivity contribution in [2.75, 3.05) is 40.4 Å². The molecule has 1 fully saturated rings. The van der Waals surface area contributed by atoms with E-state index in [1.54, 1.807) is 26.4 Å². The number of hydrogen-bond donors (Lipinski definition) is 2. The highest BCUT2D eigenvalue weighted by Crippen LogP contribution is 2.42. The minimum Gasteiger partial charge on any atom is -0.508 e. The Morgan fingerprint density at radius 1 is 1.04 bits per heavy atom. The molecule has 1 aliphatic rings. The second kappa shape index (κ2) is 11.7. The molecule has 1 aromatic rings. The molecular weight excluding hydrogens is 363 g/mol. The van der Waals surface area contributed by atoms with Crippen molar-refractivity contribution >= 4 is 24.8 Å². The topological polar surface area (TPSA) is 54.0 Å². The normalized spacial score (nSPS) is 15.9. The van der Waals surface area contributed by atoms with E-state index in [2.05, 4.69) is 24.1 Å². The molecular formula is C18H32Cl2N2O3. The van der Waals surface area contributed by atoms with Gasteiger partial charge in [0.1, 0.15) is 17.2 Å². The van der Waals surface area contributed by atoms with Gasteiger partial charge in [-0.15, -0.1) is 24.8 Å². The molecule has 0 aromatic heterocycles. The maximum absolute atomic E-state index is 9.91. The van der Waals surface area contributed by atoms with Crippen molar-refractivity contribution in [1.82, 2.24) is 10.2 Å². The van der Waals surface area contributed by atoms with Gasteiger partial charge in [-0.25, -0.2) is 0 Å². The zero-order chi connectivity index (χ0) is 16.8. The van der Waals surface area contributed by atoms with Crippen LogP contribution in [-0.4, -0.2) is 50.4 Å². The van der Waals surface area contributed by atoms with Gasteiger partial charge in [-0.1, -0.05) is 13.8 Å². The van der Waals surface area contributed by atoms with Crippen LogP contribution in [0.5, 0.6) is 17.2 Å². The van der Waals surface area contributed by atoms with Crippen molar-refractivity contribution in [3.63, 3.8) is 0 Å². The van der Waals surface area contributed by atoms with Crippen LogP contribution in [0.2, 0.25) is 0 Å². The van der Waals surface area contributed by atoms with Gasteiger partial charge in [-0.05, 0) is 18.8 Å². The number of methoxy groups -OCH3 is 2. The lowest BCUT2D eigenvalue weighted by atomic mass is 9.94. The van der Waals surface area contributed by atoms with E-state index in [1.807, 2.05) is 0 Å². The number of nitrogens with one attached hydrogen (secondary N) is 1. The third-order valence-electron chi connectivity index (χ3n) is 4.47. The number of aromatic hydroxyl groups is 1. The van der Waals surface area contributed by atoms with E-state index in [1.165, 1.54) is 0 Å². The molecule has 0 amide bonds. The zero-order valence-electron chi connectivity index (χ0n) is 15.6. The molecule has 1 saturated heterocycles. The quantitative estimate of drug-likeness (QED) is 0.739. The summed E-state index contributed by atoms with van der Waals surface area (Å²) >= 11 is 0. The number of phenolic OH excluding ortho intramolecular Hbond substituents is 1. The number of benzene rings is 1. The summed E-state index contributed by atoms with van der Waals surface area (Å²) < 4.78 is 11.1.